The Bertz CT molecular complexity index is 2470. The summed E-state index contributed by atoms with van der Waals surface area (Å²) in [5, 5.41) is 67.0. The molecule has 7 rings (SSSR count). The number of ether oxygens (including phenoxy) is 7. The van der Waals surface area contributed by atoms with E-state index < -0.39 is 125 Å². The van der Waals surface area contributed by atoms with Gasteiger partial charge in [-0.15, -0.1) is 0 Å². The smallest absolute Gasteiger partial charge is 0.341 e. The number of benzene rings is 1. The Hall–Kier alpha value is -3.91. The molecule has 21 nitrogen and oxygen atoms in total. The molecule has 5 aliphatic rings. The number of ketones is 1. The van der Waals surface area contributed by atoms with E-state index >= 15 is 0 Å². The Morgan fingerprint density at radius 3 is 2.13 bits per heavy atom. The van der Waals surface area contributed by atoms with Crippen LogP contribution in [0, 0.1) is 29.5 Å². The molecule has 22 heteroatoms. The number of cyclic esters (lactones) is 1. The van der Waals surface area contributed by atoms with Gasteiger partial charge in [-0.3, -0.25) is 14.4 Å². The van der Waals surface area contributed by atoms with E-state index in [4.69, 9.17) is 33.2 Å². The molecule has 436 valence electrons. The molecule has 19 atom stereocenters. The summed E-state index contributed by atoms with van der Waals surface area (Å²) >= 11 is 0. The normalized spacial score (nSPS) is 39.8. The Kier molecular flexibility index (Phi) is 19.8. The van der Waals surface area contributed by atoms with Crippen LogP contribution in [0.4, 0.5) is 10.1 Å². The first kappa shape index (κ1) is 62.3. The number of carbonyl (C=O) groups excluding carboxylic acids is 2. The van der Waals surface area contributed by atoms with Gasteiger partial charge in [0.15, 0.2) is 24.1 Å². The highest BCUT2D eigenvalue weighted by Crippen LogP contribution is 2.44. The molecule has 6 N–H and O–H groups in total. The number of hydrogen-bond donors (Lipinski definition) is 6. The lowest BCUT2D eigenvalue weighted by Gasteiger charge is -2.49. The van der Waals surface area contributed by atoms with Crippen molar-refractivity contribution in [1.29, 1.82) is 0 Å². The maximum atomic E-state index is 15.0. The molecule has 5 aliphatic heterocycles. The highest BCUT2D eigenvalue weighted by molar-refractivity contribution is 5.97. The van der Waals surface area contributed by atoms with E-state index in [-0.39, 0.29) is 55.0 Å². The van der Waals surface area contributed by atoms with Crippen LogP contribution in [0.15, 0.2) is 17.1 Å². The number of Topliss-reactive ketones (excluding diaryl/α,β-unsaturated/α-hetero) is 1. The maximum absolute atomic E-state index is 15.0. The highest BCUT2D eigenvalue weighted by atomic mass is 19.1. The number of carboxylic acid groups (broad SMARTS) is 1. The third-order valence-electron chi connectivity index (χ3n) is 17.0. The number of aromatic nitrogens is 1. The van der Waals surface area contributed by atoms with E-state index in [1.54, 1.807) is 46.1 Å². The summed E-state index contributed by atoms with van der Waals surface area (Å²) in [7, 11) is 7.19. The van der Waals surface area contributed by atoms with Crippen LogP contribution in [0.5, 0.6) is 5.75 Å². The van der Waals surface area contributed by atoms with Gasteiger partial charge in [0.25, 0.3) is 0 Å². The molecule has 0 unspecified atom stereocenters. The van der Waals surface area contributed by atoms with Crippen LogP contribution in [-0.4, -0.2) is 208 Å². The summed E-state index contributed by atoms with van der Waals surface area (Å²) in [6.45, 7) is 21.4. The largest absolute Gasteiger partial charge is 0.487 e. The lowest BCUT2D eigenvalue weighted by atomic mass is 9.74. The minimum Gasteiger partial charge on any atom is -0.487 e. The van der Waals surface area contributed by atoms with Crippen LogP contribution in [0.25, 0.3) is 10.9 Å². The third kappa shape index (κ3) is 12.8. The molecule has 4 fully saturated rings. The Morgan fingerprint density at radius 1 is 0.909 bits per heavy atom. The molecule has 2 aromatic rings. The monoisotopic (exact) mass is 1090 g/mol. The number of halogens is 1. The Morgan fingerprint density at radius 2 is 1.55 bits per heavy atom. The zero-order chi connectivity index (χ0) is 57.5. The first-order valence-electron chi connectivity index (χ1n) is 27.1. The van der Waals surface area contributed by atoms with Crippen molar-refractivity contribution in [3.8, 4) is 5.75 Å². The van der Waals surface area contributed by atoms with Gasteiger partial charge in [0.05, 0.1) is 64.6 Å². The van der Waals surface area contributed by atoms with Gasteiger partial charge in [0.2, 0.25) is 5.43 Å². The van der Waals surface area contributed by atoms with Gasteiger partial charge in [-0.25, -0.2) is 9.18 Å². The fourth-order valence-corrected chi connectivity index (χ4v) is 12.1. The number of aliphatic hydroxyl groups is 5. The molecule has 4 saturated heterocycles. The molecular weight excluding hydrogens is 1010 g/mol. The Labute approximate surface area is 451 Å². The van der Waals surface area contributed by atoms with Crippen LogP contribution >= 0.6 is 0 Å². The SMILES string of the molecule is CC[C@H]1OC(=O)[C@H](C)[C@@H](O[C@H]2C[C@@](C)(OC)[C@@H](O)[C@H](C)O2)[C@H](C)[C@@H](O[C@@H]2O[C@H](C)C[C@H](N(C)C)[C@H]2O)[C@](C)(O)C[C@@H](C)C(=O)[C@H](C)[C@@H](O)[C@]1(C)O.C[C@H]1COc2c(N3CCN(C)CC3)c(F)cc3c(=O)c(C(=O)O)cn1c23. The number of carbonyl (C=O) groups is 3. The van der Waals surface area contributed by atoms with Gasteiger partial charge in [-0.1, -0.05) is 27.7 Å². The van der Waals surface area contributed by atoms with Gasteiger partial charge >= 0.3 is 11.9 Å². The van der Waals surface area contributed by atoms with E-state index in [0.29, 0.717) is 36.5 Å². The number of piperazine rings is 1. The predicted molar refractivity (Wildman–Crippen MR) is 281 cm³/mol. The number of methoxy groups -OCH3 is 1. The number of anilines is 1. The lowest BCUT2D eigenvalue weighted by molar-refractivity contribution is -0.318. The number of carboxylic acids is 1. The number of aromatic carboxylic acids is 1. The van der Waals surface area contributed by atoms with Crippen molar-refractivity contribution < 1.29 is 82.6 Å². The summed E-state index contributed by atoms with van der Waals surface area (Å²) in [5.41, 5.74) is -5.06. The molecule has 0 aliphatic carbocycles. The summed E-state index contributed by atoms with van der Waals surface area (Å²) in [4.78, 5) is 57.8. The number of nitrogens with zero attached hydrogens (tertiary/aromatic N) is 4. The number of likely N-dealkylation sites (N-methyl/N-ethyl adjacent to an activating group) is 2. The van der Waals surface area contributed by atoms with Gasteiger partial charge in [0.1, 0.15) is 47.6 Å². The fraction of sp³-hybridized carbons (Fsp3) is 0.782. The van der Waals surface area contributed by atoms with E-state index in [9.17, 15) is 54.2 Å². The van der Waals surface area contributed by atoms with Crippen molar-refractivity contribution in [2.75, 3.05) is 65.9 Å². The standard InChI is InChI=1S/C37H67NO13.C18H20FN3O4/c1-14-25-37(10,45)30(41)20(4)27(39)18(2)16-35(8,44)32(51-34-28(40)24(38(11)12)15-19(3)47-34)21(5)29(22(6)33(43)49-25)50-26-17-36(9,46-13)31(42)23(7)48-26;1-10-9-26-17-14-11(16(23)12(18(24)25)8-22(10)14)7-13(19)15(17)21-5-3-20(2)4-6-21/h18-26,28-32,34,40-42,44-45H,14-17H2,1-13H3;7-8,10H,3-6,9H2,1-2H3,(H,24,25)/t18-,19-,20+,21+,22-,23+,24+,25-,26+,28-,29+,30-,31+,32-,34+,35-,36-,37-;10-/m10/s1. The van der Waals surface area contributed by atoms with E-state index in [0.717, 1.165) is 19.2 Å². The van der Waals surface area contributed by atoms with Crippen molar-refractivity contribution in [1.82, 2.24) is 14.4 Å². The first-order valence-corrected chi connectivity index (χ1v) is 27.1. The number of esters is 1. The fourth-order valence-electron chi connectivity index (χ4n) is 12.1. The van der Waals surface area contributed by atoms with Crippen LogP contribution in [0.3, 0.4) is 0 Å². The van der Waals surface area contributed by atoms with Gasteiger partial charge < -0.3 is 83.1 Å². The van der Waals surface area contributed by atoms with Crippen LogP contribution < -0.4 is 15.1 Å². The minimum atomic E-state index is -1.99. The summed E-state index contributed by atoms with van der Waals surface area (Å²) in [6, 6.07) is 0.670. The van der Waals surface area contributed by atoms with Gasteiger partial charge in [-0.05, 0) is 94.9 Å². The highest BCUT2D eigenvalue weighted by Gasteiger charge is 2.54. The minimum absolute atomic E-state index is 0.0434. The quantitative estimate of drug-likeness (QED) is 0.197. The molecule has 1 aromatic carbocycles. The maximum Gasteiger partial charge on any atom is 0.341 e. The van der Waals surface area contributed by atoms with Crippen LogP contribution in [-0.2, 0) is 38.0 Å². The van der Waals surface area contributed by atoms with Crippen molar-refractivity contribution in [3.63, 3.8) is 0 Å². The second kappa shape index (κ2) is 24.4. The van der Waals surface area contributed by atoms with Crippen molar-refractivity contribution in [2.24, 2.45) is 23.7 Å². The molecule has 1 aromatic heterocycles. The first-order chi connectivity index (χ1) is 35.8. The van der Waals surface area contributed by atoms with Crippen LogP contribution in [0.2, 0.25) is 0 Å². The summed E-state index contributed by atoms with van der Waals surface area (Å²) < 4.78 is 59.6. The Balaban J connectivity index is 0.000000305. The van der Waals surface area contributed by atoms with Gasteiger partial charge in [0, 0.05) is 69.7 Å². The molecule has 0 radical (unpaired) electrons. The van der Waals surface area contributed by atoms with Crippen molar-refractivity contribution >= 4 is 34.3 Å². The van der Waals surface area contributed by atoms with E-state index in [1.807, 2.05) is 44.8 Å². The van der Waals surface area contributed by atoms with Gasteiger partial charge in [-0.2, -0.15) is 0 Å². The third-order valence-corrected chi connectivity index (χ3v) is 17.0. The zero-order valence-corrected chi connectivity index (χ0v) is 47.6. The molecular formula is C55H87FN4O17. The molecule has 0 bridgehead atoms. The molecule has 0 saturated carbocycles. The number of aliphatic hydroxyl groups excluding tert-OH is 3. The molecule has 0 spiro atoms. The average Bonchev–Trinajstić information content (AvgIpc) is 3.38. The zero-order valence-electron chi connectivity index (χ0n) is 47.6. The van der Waals surface area contributed by atoms with E-state index in [2.05, 4.69) is 4.90 Å². The number of rotatable bonds is 9. The second-order valence-corrected chi connectivity index (χ2v) is 23.4. The molecule has 6 heterocycles. The predicted octanol–water partition coefficient (Wildman–Crippen LogP) is 3.33. The average molecular weight is 1100 g/mol. The number of pyridine rings is 1. The van der Waals surface area contributed by atoms with Crippen molar-refractivity contribution in [2.45, 2.75) is 192 Å². The second-order valence-electron chi connectivity index (χ2n) is 23.4. The molecule has 77 heavy (non-hydrogen) atoms. The summed E-state index contributed by atoms with van der Waals surface area (Å²) in [5.74, 6) is -6.52. The van der Waals surface area contributed by atoms with E-state index in [1.165, 1.54) is 34.1 Å². The lowest BCUT2D eigenvalue weighted by Crippen LogP contribution is -2.61. The number of hydrogen-bond acceptors (Lipinski definition) is 19. The van der Waals surface area contributed by atoms with Crippen LogP contribution in [0.1, 0.15) is 118 Å². The molecule has 0 amide bonds. The van der Waals surface area contributed by atoms with Crippen molar-refractivity contribution in [3.05, 3.63) is 33.9 Å². The topological polar surface area (TPSA) is 269 Å². The summed E-state index contributed by atoms with van der Waals surface area (Å²) in [6.07, 6.45) is -8.37.